The molecule has 0 atom stereocenters. The minimum absolute atomic E-state index is 0.0469. The van der Waals surface area contributed by atoms with Crippen molar-refractivity contribution in [3.8, 4) is 0 Å². The van der Waals surface area contributed by atoms with E-state index in [1.54, 1.807) is 6.92 Å². The van der Waals surface area contributed by atoms with E-state index in [4.69, 9.17) is 4.52 Å². The van der Waals surface area contributed by atoms with Crippen molar-refractivity contribution >= 4 is 5.78 Å². The van der Waals surface area contributed by atoms with Crippen molar-refractivity contribution in [1.29, 1.82) is 0 Å². The number of aryl methyl sites for hydroxylation is 1. The van der Waals surface area contributed by atoms with Crippen LogP contribution >= 0.6 is 0 Å². The summed E-state index contributed by atoms with van der Waals surface area (Å²) in [6.45, 7) is 5.08. The van der Waals surface area contributed by atoms with Crippen LogP contribution in [0.1, 0.15) is 28.7 Å². The summed E-state index contributed by atoms with van der Waals surface area (Å²) in [7, 11) is 0. The number of carbonyl (C=O) groups excluding carboxylic acids is 1. The third-order valence-corrected chi connectivity index (χ3v) is 1.49. The first-order valence-electron chi connectivity index (χ1n) is 3.06. The van der Waals surface area contributed by atoms with Crippen molar-refractivity contribution in [2.45, 2.75) is 20.8 Å². The smallest absolute Gasteiger partial charge is 0.181 e. The summed E-state index contributed by atoms with van der Waals surface area (Å²) >= 11 is 0. The Labute approximate surface area is 59.0 Å². The van der Waals surface area contributed by atoms with Gasteiger partial charge in [-0.2, -0.15) is 0 Å². The first-order valence-corrected chi connectivity index (χ1v) is 3.06. The van der Waals surface area contributed by atoms with Crippen LogP contribution in [0.25, 0.3) is 0 Å². The fraction of sp³-hybridized carbons (Fsp3) is 0.429. The lowest BCUT2D eigenvalue weighted by Crippen LogP contribution is -1.94. The lowest BCUT2D eigenvalue weighted by atomic mass is 10.2. The van der Waals surface area contributed by atoms with E-state index in [1.807, 2.05) is 6.92 Å². The molecule has 1 rings (SSSR count). The van der Waals surface area contributed by atoms with Crippen molar-refractivity contribution in [3.05, 3.63) is 17.0 Å². The van der Waals surface area contributed by atoms with Crippen molar-refractivity contribution in [2.24, 2.45) is 0 Å². The van der Waals surface area contributed by atoms with E-state index in [2.05, 4.69) is 5.16 Å². The molecule has 54 valence electrons. The molecular formula is C7H9NO2. The Morgan fingerprint density at radius 2 is 2.10 bits per heavy atom. The van der Waals surface area contributed by atoms with Gasteiger partial charge in [0, 0.05) is 12.5 Å². The first kappa shape index (κ1) is 6.99. The van der Waals surface area contributed by atoms with Crippen molar-refractivity contribution in [2.75, 3.05) is 0 Å². The Balaban J connectivity index is 3.17. The molecule has 1 aromatic rings. The predicted octanol–water partition coefficient (Wildman–Crippen LogP) is 1.49. The molecular weight excluding hydrogens is 130 g/mol. The normalized spacial score (nSPS) is 9.90. The molecule has 0 unspecified atom stereocenters. The van der Waals surface area contributed by atoms with E-state index in [0.29, 0.717) is 11.5 Å². The Hall–Kier alpha value is -1.12. The summed E-state index contributed by atoms with van der Waals surface area (Å²) in [5.41, 5.74) is 1.28. The monoisotopic (exact) mass is 139 g/mol. The van der Waals surface area contributed by atoms with E-state index >= 15 is 0 Å². The molecule has 10 heavy (non-hydrogen) atoms. The molecule has 0 aliphatic heterocycles. The van der Waals surface area contributed by atoms with Crippen LogP contribution in [0.15, 0.2) is 4.52 Å². The molecule has 0 amide bonds. The van der Waals surface area contributed by atoms with Gasteiger partial charge in [-0.05, 0) is 13.8 Å². The molecule has 0 bridgehead atoms. The predicted molar refractivity (Wildman–Crippen MR) is 36.0 cm³/mol. The highest BCUT2D eigenvalue weighted by molar-refractivity contribution is 5.93. The Morgan fingerprint density at radius 3 is 2.30 bits per heavy atom. The number of aromatic nitrogens is 1. The molecule has 0 aromatic carbocycles. The molecule has 0 saturated heterocycles. The highest BCUT2D eigenvalue weighted by atomic mass is 16.5. The molecule has 1 heterocycles. The largest absolute Gasteiger partial charge is 0.361 e. The topological polar surface area (TPSA) is 43.1 Å². The van der Waals surface area contributed by atoms with Gasteiger partial charge in [0.05, 0.1) is 0 Å². The molecule has 3 nitrogen and oxygen atoms in total. The van der Waals surface area contributed by atoms with Crippen LogP contribution < -0.4 is 0 Å². The van der Waals surface area contributed by atoms with E-state index in [1.165, 1.54) is 6.92 Å². The maximum Gasteiger partial charge on any atom is 0.181 e. The van der Waals surface area contributed by atoms with E-state index in [9.17, 15) is 4.79 Å². The van der Waals surface area contributed by atoms with Crippen molar-refractivity contribution in [1.82, 2.24) is 5.16 Å². The molecule has 0 aliphatic carbocycles. The van der Waals surface area contributed by atoms with Crippen LogP contribution in [0, 0.1) is 13.8 Å². The summed E-state index contributed by atoms with van der Waals surface area (Å²) in [5.74, 6) is 0.666. The molecule has 0 spiro atoms. The number of carbonyl (C=O) groups is 1. The van der Waals surface area contributed by atoms with Crippen LogP contribution in [0.3, 0.4) is 0 Å². The molecule has 1 aromatic heterocycles. The average Bonchev–Trinajstić information content (AvgIpc) is 2.14. The van der Waals surface area contributed by atoms with Gasteiger partial charge in [-0.1, -0.05) is 5.16 Å². The number of rotatable bonds is 1. The SMILES string of the molecule is CC(=O)c1noc(C)c1C. The lowest BCUT2D eigenvalue weighted by Gasteiger charge is -1.85. The minimum Gasteiger partial charge on any atom is -0.361 e. The second-order valence-corrected chi connectivity index (χ2v) is 2.27. The van der Waals surface area contributed by atoms with Gasteiger partial charge in [0.25, 0.3) is 0 Å². The second kappa shape index (κ2) is 2.25. The van der Waals surface area contributed by atoms with Crippen LogP contribution in [0.4, 0.5) is 0 Å². The fourth-order valence-corrected chi connectivity index (χ4v) is 0.746. The van der Waals surface area contributed by atoms with Gasteiger partial charge in [-0.15, -0.1) is 0 Å². The molecule has 0 aliphatic rings. The van der Waals surface area contributed by atoms with Gasteiger partial charge in [-0.3, -0.25) is 4.79 Å². The minimum atomic E-state index is -0.0469. The number of ketones is 1. The van der Waals surface area contributed by atoms with Gasteiger partial charge in [0.2, 0.25) is 0 Å². The summed E-state index contributed by atoms with van der Waals surface area (Å²) in [5, 5.41) is 3.59. The van der Waals surface area contributed by atoms with Crippen LogP contribution in [0.5, 0.6) is 0 Å². The van der Waals surface area contributed by atoms with Crippen LogP contribution in [-0.2, 0) is 0 Å². The third-order valence-electron chi connectivity index (χ3n) is 1.49. The summed E-state index contributed by atoms with van der Waals surface area (Å²) in [4.78, 5) is 10.8. The summed E-state index contributed by atoms with van der Waals surface area (Å²) in [6.07, 6.45) is 0. The second-order valence-electron chi connectivity index (χ2n) is 2.27. The fourth-order valence-electron chi connectivity index (χ4n) is 0.746. The molecule has 0 N–H and O–H groups in total. The highest BCUT2D eigenvalue weighted by Crippen LogP contribution is 2.10. The van der Waals surface area contributed by atoms with Gasteiger partial charge in [-0.25, -0.2) is 0 Å². The quantitative estimate of drug-likeness (QED) is 0.553. The Morgan fingerprint density at radius 1 is 1.50 bits per heavy atom. The average molecular weight is 139 g/mol. The van der Waals surface area contributed by atoms with Crippen LogP contribution in [-0.4, -0.2) is 10.9 Å². The zero-order valence-electron chi connectivity index (χ0n) is 6.26. The number of hydrogen-bond acceptors (Lipinski definition) is 3. The third kappa shape index (κ3) is 0.943. The zero-order valence-corrected chi connectivity index (χ0v) is 6.26. The molecule has 3 heteroatoms. The van der Waals surface area contributed by atoms with Gasteiger partial charge in [0.1, 0.15) is 5.76 Å². The number of nitrogens with zero attached hydrogens (tertiary/aromatic N) is 1. The van der Waals surface area contributed by atoms with Crippen molar-refractivity contribution < 1.29 is 9.32 Å². The highest BCUT2D eigenvalue weighted by Gasteiger charge is 2.10. The first-order chi connectivity index (χ1) is 4.63. The van der Waals surface area contributed by atoms with Gasteiger partial charge in [0.15, 0.2) is 11.5 Å². The van der Waals surface area contributed by atoms with Crippen molar-refractivity contribution in [3.63, 3.8) is 0 Å². The van der Waals surface area contributed by atoms with Gasteiger partial charge < -0.3 is 4.52 Å². The van der Waals surface area contributed by atoms with E-state index < -0.39 is 0 Å². The zero-order chi connectivity index (χ0) is 7.72. The number of Topliss-reactive ketones (excluding diaryl/α,β-unsaturated/α-hetero) is 1. The number of hydrogen-bond donors (Lipinski definition) is 0. The van der Waals surface area contributed by atoms with E-state index in [-0.39, 0.29) is 5.78 Å². The Bertz CT molecular complexity index is 263. The maximum absolute atomic E-state index is 10.8. The maximum atomic E-state index is 10.8. The summed E-state index contributed by atoms with van der Waals surface area (Å²) < 4.78 is 4.79. The molecule has 0 saturated carbocycles. The Kier molecular flexibility index (Phi) is 1.57. The van der Waals surface area contributed by atoms with E-state index in [0.717, 1.165) is 5.56 Å². The van der Waals surface area contributed by atoms with Gasteiger partial charge >= 0.3 is 0 Å². The summed E-state index contributed by atoms with van der Waals surface area (Å²) in [6, 6.07) is 0. The lowest BCUT2D eigenvalue weighted by molar-refractivity contribution is 0.100. The standard InChI is InChI=1S/C7H9NO2/c1-4-6(3)10-8-7(4)5(2)9/h1-3H3. The molecule has 0 radical (unpaired) electrons. The molecule has 0 fully saturated rings. The van der Waals surface area contributed by atoms with Crippen LogP contribution in [0.2, 0.25) is 0 Å².